The average molecular weight is 238 g/mol. The molecule has 0 aliphatic rings. The van der Waals surface area contributed by atoms with E-state index in [9.17, 15) is 4.79 Å². The topological polar surface area (TPSA) is 68.3 Å². The molecule has 0 radical (unpaired) electrons. The number of nitrogens with one attached hydrogen (secondary N) is 1. The smallest absolute Gasteiger partial charge is 0.255 e. The van der Waals surface area contributed by atoms with E-state index < -0.39 is 0 Å². The maximum atomic E-state index is 12.0. The molecule has 0 bridgehead atoms. The van der Waals surface area contributed by atoms with Gasteiger partial charge in [0.25, 0.3) is 5.91 Å². The minimum atomic E-state index is -0.0693. The Bertz CT molecular complexity index is 396. The van der Waals surface area contributed by atoms with Gasteiger partial charge in [-0.05, 0) is 33.6 Å². The summed E-state index contributed by atoms with van der Waals surface area (Å²) in [4.78, 5) is 12.0. The van der Waals surface area contributed by atoms with Crippen LogP contribution in [0.1, 0.15) is 47.2 Å². The second kappa shape index (κ2) is 5.87. The summed E-state index contributed by atoms with van der Waals surface area (Å²) in [5.41, 5.74) is 7.37. The van der Waals surface area contributed by atoms with E-state index in [-0.39, 0.29) is 11.9 Å². The van der Waals surface area contributed by atoms with Gasteiger partial charge in [-0.15, -0.1) is 0 Å². The largest absolute Gasteiger partial charge is 0.466 e. The second-order valence-electron chi connectivity index (χ2n) is 4.43. The summed E-state index contributed by atoms with van der Waals surface area (Å²) in [6.45, 7) is 8.23. The average Bonchev–Trinajstić information content (AvgIpc) is 2.52. The predicted molar refractivity (Wildman–Crippen MR) is 68.1 cm³/mol. The van der Waals surface area contributed by atoms with Crippen LogP contribution in [0.15, 0.2) is 4.42 Å². The Balaban J connectivity index is 2.58. The van der Waals surface area contributed by atoms with E-state index in [2.05, 4.69) is 5.32 Å². The molecule has 4 heteroatoms. The van der Waals surface area contributed by atoms with E-state index in [0.717, 1.165) is 24.2 Å². The van der Waals surface area contributed by atoms with E-state index in [4.69, 9.17) is 10.2 Å². The van der Waals surface area contributed by atoms with Gasteiger partial charge in [-0.1, -0.05) is 6.92 Å². The molecule has 0 saturated heterocycles. The number of carbonyl (C=O) groups excluding carboxylic acids is 1. The molecule has 0 spiro atoms. The number of hydrogen-bond acceptors (Lipinski definition) is 3. The third-order valence-corrected chi connectivity index (χ3v) is 3.11. The van der Waals surface area contributed by atoms with Gasteiger partial charge in [0.05, 0.1) is 5.56 Å². The lowest BCUT2D eigenvalue weighted by atomic mass is 10.1. The lowest BCUT2D eigenvalue weighted by Gasteiger charge is -2.09. The van der Waals surface area contributed by atoms with Crippen molar-refractivity contribution in [3.05, 3.63) is 22.6 Å². The SMILES string of the molecule is CCC(N)CCNC(=O)c1c(C)oc(C)c1C. The van der Waals surface area contributed by atoms with Crippen molar-refractivity contribution in [2.75, 3.05) is 6.54 Å². The molecule has 17 heavy (non-hydrogen) atoms. The van der Waals surface area contributed by atoms with Gasteiger partial charge in [-0.25, -0.2) is 0 Å². The lowest BCUT2D eigenvalue weighted by molar-refractivity contribution is 0.0950. The number of hydrogen-bond donors (Lipinski definition) is 2. The van der Waals surface area contributed by atoms with Crippen molar-refractivity contribution < 1.29 is 9.21 Å². The zero-order chi connectivity index (χ0) is 13.0. The Hall–Kier alpha value is -1.29. The van der Waals surface area contributed by atoms with Crippen molar-refractivity contribution in [1.82, 2.24) is 5.32 Å². The molecule has 4 nitrogen and oxygen atoms in total. The second-order valence-corrected chi connectivity index (χ2v) is 4.43. The minimum Gasteiger partial charge on any atom is -0.466 e. The molecule has 1 aromatic heterocycles. The monoisotopic (exact) mass is 238 g/mol. The highest BCUT2D eigenvalue weighted by Gasteiger charge is 2.17. The van der Waals surface area contributed by atoms with E-state index in [1.165, 1.54) is 0 Å². The normalized spacial score (nSPS) is 12.5. The van der Waals surface area contributed by atoms with Gasteiger partial charge in [0.2, 0.25) is 0 Å². The first-order chi connectivity index (χ1) is 7.97. The number of aryl methyl sites for hydroxylation is 2. The summed E-state index contributed by atoms with van der Waals surface area (Å²) in [7, 11) is 0. The maximum absolute atomic E-state index is 12.0. The van der Waals surface area contributed by atoms with E-state index >= 15 is 0 Å². The summed E-state index contributed by atoms with van der Waals surface area (Å²) >= 11 is 0. The first-order valence-corrected chi connectivity index (χ1v) is 6.07. The Kier molecular flexibility index (Phi) is 4.75. The van der Waals surface area contributed by atoms with Crippen LogP contribution in [0.25, 0.3) is 0 Å². The number of rotatable bonds is 5. The molecule has 1 aromatic rings. The van der Waals surface area contributed by atoms with Crippen molar-refractivity contribution in [1.29, 1.82) is 0 Å². The highest BCUT2D eigenvalue weighted by Crippen LogP contribution is 2.20. The molecule has 1 heterocycles. The minimum absolute atomic E-state index is 0.0693. The fourth-order valence-corrected chi connectivity index (χ4v) is 1.79. The Morgan fingerprint density at radius 1 is 1.35 bits per heavy atom. The number of amides is 1. The molecule has 0 aliphatic carbocycles. The van der Waals surface area contributed by atoms with Gasteiger partial charge in [-0.3, -0.25) is 4.79 Å². The van der Waals surface area contributed by atoms with Crippen LogP contribution in [0, 0.1) is 20.8 Å². The van der Waals surface area contributed by atoms with Gasteiger partial charge in [0.1, 0.15) is 11.5 Å². The van der Waals surface area contributed by atoms with Crippen molar-refractivity contribution in [2.24, 2.45) is 5.73 Å². The van der Waals surface area contributed by atoms with Gasteiger partial charge < -0.3 is 15.5 Å². The maximum Gasteiger partial charge on any atom is 0.255 e. The van der Waals surface area contributed by atoms with Crippen LogP contribution in [0.4, 0.5) is 0 Å². The molecule has 0 fully saturated rings. The molecule has 1 unspecified atom stereocenters. The third kappa shape index (κ3) is 3.33. The standard InChI is InChI=1S/C13H22N2O2/c1-5-11(14)6-7-15-13(16)12-8(2)9(3)17-10(12)4/h11H,5-7,14H2,1-4H3,(H,15,16). The van der Waals surface area contributed by atoms with Crippen molar-refractivity contribution in [3.8, 4) is 0 Å². The summed E-state index contributed by atoms with van der Waals surface area (Å²) < 4.78 is 5.43. The Morgan fingerprint density at radius 2 is 2.00 bits per heavy atom. The zero-order valence-corrected chi connectivity index (χ0v) is 11.1. The molecular formula is C13H22N2O2. The first-order valence-electron chi connectivity index (χ1n) is 6.07. The van der Waals surface area contributed by atoms with Crippen LogP contribution in [-0.2, 0) is 0 Å². The van der Waals surface area contributed by atoms with Crippen LogP contribution in [0.5, 0.6) is 0 Å². The van der Waals surface area contributed by atoms with Gasteiger partial charge >= 0.3 is 0 Å². The Labute approximate surface area is 103 Å². The highest BCUT2D eigenvalue weighted by atomic mass is 16.3. The summed E-state index contributed by atoms with van der Waals surface area (Å²) in [5.74, 6) is 1.41. The molecule has 1 amide bonds. The van der Waals surface area contributed by atoms with E-state index in [1.54, 1.807) is 0 Å². The van der Waals surface area contributed by atoms with Crippen LogP contribution in [0.2, 0.25) is 0 Å². The van der Waals surface area contributed by atoms with Crippen LogP contribution < -0.4 is 11.1 Å². The molecule has 0 saturated carbocycles. The molecular weight excluding hydrogens is 216 g/mol. The Morgan fingerprint density at radius 3 is 2.47 bits per heavy atom. The van der Waals surface area contributed by atoms with Gasteiger partial charge in [0.15, 0.2) is 0 Å². The fraction of sp³-hybridized carbons (Fsp3) is 0.615. The quantitative estimate of drug-likeness (QED) is 0.825. The molecule has 3 N–H and O–H groups in total. The zero-order valence-electron chi connectivity index (χ0n) is 11.1. The number of nitrogens with two attached hydrogens (primary N) is 1. The van der Waals surface area contributed by atoms with Crippen LogP contribution >= 0.6 is 0 Å². The third-order valence-electron chi connectivity index (χ3n) is 3.11. The van der Waals surface area contributed by atoms with E-state index in [1.807, 2.05) is 27.7 Å². The predicted octanol–water partition coefficient (Wildman–Crippen LogP) is 2.06. The van der Waals surface area contributed by atoms with Crippen molar-refractivity contribution in [2.45, 2.75) is 46.6 Å². The fourth-order valence-electron chi connectivity index (χ4n) is 1.79. The van der Waals surface area contributed by atoms with Crippen molar-refractivity contribution in [3.63, 3.8) is 0 Å². The van der Waals surface area contributed by atoms with E-state index in [0.29, 0.717) is 17.9 Å². The number of carbonyl (C=O) groups is 1. The highest BCUT2D eigenvalue weighted by molar-refractivity contribution is 5.96. The molecule has 1 rings (SSSR count). The molecule has 0 aromatic carbocycles. The summed E-state index contributed by atoms with van der Waals surface area (Å²) in [6, 6.07) is 0.156. The first kappa shape index (κ1) is 13.8. The molecule has 1 atom stereocenters. The molecule has 0 aliphatic heterocycles. The van der Waals surface area contributed by atoms with Crippen molar-refractivity contribution >= 4 is 5.91 Å². The summed E-state index contributed by atoms with van der Waals surface area (Å²) in [6.07, 6.45) is 1.73. The molecule has 96 valence electrons. The number of furan rings is 1. The lowest BCUT2D eigenvalue weighted by Crippen LogP contribution is -2.30. The van der Waals surface area contributed by atoms with Gasteiger partial charge in [0, 0.05) is 18.2 Å². The van der Waals surface area contributed by atoms with Crippen LogP contribution in [-0.4, -0.2) is 18.5 Å². The summed E-state index contributed by atoms with van der Waals surface area (Å²) in [5, 5.41) is 2.88. The van der Waals surface area contributed by atoms with Crippen LogP contribution in [0.3, 0.4) is 0 Å². The van der Waals surface area contributed by atoms with Gasteiger partial charge in [-0.2, -0.15) is 0 Å².